The molecule has 0 aliphatic heterocycles. The Morgan fingerprint density at radius 3 is 1.08 bits per heavy atom. The number of anilines is 6. The SMILES string of the molecule is CC(C)c1ccc(N(c2cccc3ccccc23)c2ccc3c4cc5c(cc4n4c6ccccc6c2c34)c2ccc(N(c3ccc(C(C)C)cc3)c3cccc4ccccc34)c3c4ccccc4n5c23)cc1. The Hall–Kier alpha value is -8.86. The Balaban J connectivity index is 1.01. The topological polar surface area (TPSA) is 15.3 Å². The van der Waals surface area contributed by atoms with Crippen LogP contribution in [-0.2, 0) is 0 Å². The fourth-order valence-electron chi connectivity index (χ4n) is 12.5. The van der Waals surface area contributed by atoms with Crippen LogP contribution < -0.4 is 9.80 Å². The lowest BCUT2D eigenvalue weighted by atomic mass is 10.00. The van der Waals surface area contributed by atoms with Gasteiger partial charge in [-0.1, -0.05) is 173 Å². The summed E-state index contributed by atoms with van der Waals surface area (Å²) >= 11 is 0. The van der Waals surface area contributed by atoms with Gasteiger partial charge in [0.15, 0.2) is 0 Å². The van der Waals surface area contributed by atoms with Crippen molar-refractivity contribution in [2.24, 2.45) is 0 Å². The van der Waals surface area contributed by atoms with E-state index in [4.69, 9.17) is 0 Å². The molecule has 0 aliphatic rings. The first-order chi connectivity index (χ1) is 35.4. The molecule has 72 heavy (non-hydrogen) atoms. The Morgan fingerprint density at radius 1 is 0.292 bits per heavy atom. The smallest absolute Gasteiger partial charge is 0.0641 e. The van der Waals surface area contributed by atoms with Crippen molar-refractivity contribution in [2.45, 2.75) is 39.5 Å². The van der Waals surface area contributed by atoms with Crippen molar-refractivity contribution in [3.8, 4) is 0 Å². The maximum Gasteiger partial charge on any atom is 0.0641 e. The minimum atomic E-state index is 0.440. The molecule has 0 atom stereocenters. The van der Waals surface area contributed by atoms with Gasteiger partial charge in [-0.15, -0.1) is 0 Å². The number of rotatable bonds is 8. The van der Waals surface area contributed by atoms with Crippen LogP contribution in [0.3, 0.4) is 0 Å². The minimum absolute atomic E-state index is 0.440. The Morgan fingerprint density at radius 2 is 0.667 bits per heavy atom. The zero-order valence-electron chi connectivity index (χ0n) is 40.7. The van der Waals surface area contributed by atoms with Gasteiger partial charge in [0, 0.05) is 65.2 Å². The second kappa shape index (κ2) is 15.3. The molecule has 0 fully saturated rings. The van der Waals surface area contributed by atoms with Gasteiger partial charge in [-0.25, -0.2) is 0 Å². The summed E-state index contributed by atoms with van der Waals surface area (Å²) in [7, 11) is 0. The third-order valence-electron chi connectivity index (χ3n) is 15.9. The Labute approximate surface area is 417 Å². The first-order valence-corrected chi connectivity index (χ1v) is 25.5. The second-order valence-electron chi connectivity index (χ2n) is 20.5. The van der Waals surface area contributed by atoms with E-state index in [0.29, 0.717) is 11.8 Å². The van der Waals surface area contributed by atoms with Crippen LogP contribution in [0.15, 0.2) is 218 Å². The number of benzene rings is 11. The third-order valence-corrected chi connectivity index (χ3v) is 15.9. The largest absolute Gasteiger partial charge is 0.309 e. The summed E-state index contributed by atoms with van der Waals surface area (Å²) in [5.41, 5.74) is 17.0. The number of para-hydroxylation sites is 2. The highest BCUT2D eigenvalue weighted by atomic mass is 15.2. The van der Waals surface area contributed by atoms with Crippen molar-refractivity contribution < 1.29 is 0 Å². The molecule has 11 aromatic carbocycles. The van der Waals surface area contributed by atoms with E-state index in [-0.39, 0.29) is 0 Å². The summed E-state index contributed by atoms with van der Waals surface area (Å²) in [6.07, 6.45) is 0. The van der Waals surface area contributed by atoms with Crippen LogP contribution >= 0.6 is 0 Å². The lowest BCUT2D eigenvalue weighted by Crippen LogP contribution is -2.11. The van der Waals surface area contributed by atoms with Gasteiger partial charge >= 0.3 is 0 Å². The molecule has 0 amide bonds. The van der Waals surface area contributed by atoms with Crippen LogP contribution in [0.1, 0.15) is 50.7 Å². The standard InChI is InChI=1S/C68H50N4/c1-41(2)43-27-31-47(32-28-43)69(57-25-13-17-45-15-5-7-19-49(45)57)61-37-35-51-55-39-64-56(40-63(55)71-59-23-11-9-21-53(59)65(61)67(51)71)52-36-38-62(66-54-22-10-12-24-60(54)72(64)68(52)66)70(48-33-29-44(30-34-48)42(3)4)58-26-14-18-46-16-6-8-20-50(46)58/h5-42H,1-4H3. The van der Waals surface area contributed by atoms with Gasteiger partial charge in [0.25, 0.3) is 0 Å². The average molecular weight is 923 g/mol. The molecule has 0 radical (unpaired) electrons. The molecule has 0 spiro atoms. The molecule has 0 saturated carbocycles. The molecular formula is C68H50N4. The lowest BCUT2D eigenvalue weighted by molar-refractivity contribution is 0.866. The highest BCUT2D eigenvalue weighted by Crippen LogP contribution is 2.52. The molecule has 0 aliphatic carbocycles. The van der Waals surface area contributed by atoms with Gasteiger partial charge in [-0.2, -0.15) is 0 Å². The Kier molecular flexibility index (Phi) is 8.72. The van der Waals surface area contributed by atoms with Crippen LogP contribution in [0.2, 0.25) is 0 Å². The molecule has 4 heterocycles. The summed E-state index contributed by atoms with van der Waals surface area (Å²) in [5, 5.41) is 14.9. The van der Waals surface area contributed by atoms with Crippen LogP contribution in [0, 0.1) is 0 Å². The molecule has 4 nitrogen and oxygen atoms in total. The summed E-state index contributed by atoms with van der Waals surface area (Å²) in [4.78, 5) is 5.00. The zero-order chi connectivity index (χ0) is 47.9. The van der Waals surface area contributed by atoms with Gasteiger partial charge in [0.2, 0.25) is 0 Å². The van der Waals surface area contributed by atoms with Crippen LogP contribution in [0.5, 0.6) is 0 Å². The highest BCUT2D eigenvalue weighted by Gasteiger charge is 2.29. The molecule has 15 rings (SSSR count). The second-order valence-corrected chi connectivity index (χ2v) is 20.5. The van der Waals surface area contributed by atoms with Crippen molar-refractivity contribution in [3.05, 3.63) is 230 Å². The molecule has 0 unspecified atom stereocenters. The molecular weight excluding hydrogens is 873 g/mol. The summed E-state index contributed by atoms with van der Waals surface area (Å²) in [5.74, 6) is 0.880. The predicted octanol–water partition coefficient (Wildman–Crippen LogP) is 19.5. The van der Waals surface area contributed by atoms with Crippen molar-refractivity contribution in [1.29, 1.82) is 0 Å². The summed E-state index contributed by atoms with van der Waals surface area (Å²) in [6.45, 7) is 9.07. The van der Waals surface area contributed by atoms with E-state index in [9.17, 15) is 0 Å². The lowest BCUT2D eigenvalue weighted by Gasteiger charge is -2.28. The molecule has 0 bridgehead atoms. The zero-order valence-corrected chi connectivity index (χ0v) is 40.7. The minimum Gasteiger partial charge on any atom is -0.309 e. The quantitative estimate of drug-likeness (QED) is 0.151. The van der Waals surface area contributed by atoms with Crippen LogP contribution in [0.4, 0.5) is 34.1 Å². The van der Waals surface area contributed by atoms with Gasteiger partial charge < -0.3 is 18.6 Å². The number of hydrogen-bond acceptors (Lipinski definition) is 2. The first kappa shape index (κ1) is 41.0. The fraction of sp³-hybridized carbons (Fsp3) is 0.0882. The molecule has 342 valence electrons. The van der Waals surface area contributed by atoms with Gasteiger partial charge in [-0.3, -0.25) is 0 Å². The van der Waals surface area contributed by atoms with E-state index in [2.05, 4.69) is 265 Å². The Bertz CT molecular complexity index is 4320. The van der Waals surface area contributed by atoms with Gasteiger partial charge in [-0.05, 0) is 107 Å². The number of aromatic nitrogens is 2. The van der Waals surface area contributed by atoms with E-state index in [0.717, 1.165) is 22.7 Å². The highest BCUT2D eigenvalue weighted by molar-refractivity contribution is 6.32. The van der Waals surface area contributed by atoms with Crippen LogP contribution in [-0.4, -0.2) is 8.80 Å². The summed E-state index contributed by atoms with van der Waals surface area (Å²) < 4.78 is 5.12. The first-order valence-electron chi connectivity index (χ1n) is 25.5. The number of fused-ring (bicyclic) bond motifs is 14. The van der Waals surface area contributed by atoms with E-state index in [1.807, 2.05) is 0 Å². The molecule has 15 aromatic rings. The molecule has 4 heteroatoms. The van der Waals surface area contributed by atoms with Crippen molar-refractivity contribution in [1.82, 2.24) is 8.80 Å². The maximum absolute atomic E-state index is 2.56. The molecule has 0 saturated heterocycles. The van der Waals surface area contributed by atoms with E-state index in [1.54, 1.807) is 0 Å². The number of nitrogens with zero attached hydrogens (tertiary/aromatic N) is 4. The monoisotopic (exact) mass is 922 g/mol. The summed E-state index contributed by atoms with van der Waals surface area (Å²) in [6, 6.07) is 82.0. The van der Waals surface area contributed by atoms with Gasteiger partial charge in [0.05, 0.1) is 55.8 Å². The van der Waals surface area contributed by atoms with E-state index in [1.165, 1.54) is 120 Å². The molecule has 0 N–H and O–H groups in total. The number of hydrogen-bond donors (Lipinski definition) is 0. The maximum atomic E-state index is 2.56. The normalized spacial score (nSPS) is 12.4. The third kappa shape index (κ3) is 5.69. The molecule has 4 aromatic heterocycles. The van der Waals surface area contributed by atoms with Crippen molar-refractivity contribution in [2.75, 3.05) is 9.80 Å². The average Bonchev–Trinajstić information content (AvgIpc) is 4.15. The van der Waals surface area contributed by atoms with Gasteiger partial charge in [0.1, 0.15) is 0 Å². The predicted molar refractivity (Wildman–Crippen MR) is 308 cm³/mol. The van der Waals surface area contributed by atoms with E-state index < -0.39 is 0 Å². The van der Waals surface area contributed by atoms with Crippen LogP contribution in [0.25, 0.3) is 97.7 Å². The fourth-order valence-corrected chi connectivity index (χ4v) is 12.5. The van der Waals surface area contributed by atoms with Crippen molar-refractivity contribution >= 4 is 132 Å². The van der Waals surface area contributed by atoms with E-state index >= 15 is 0 Å². The van der Waals surface area contributed by atoms with Crippen molar-refractivity contribution in [3.63, 3.8) is 0 Å².